The predicted octanol–water partition coefficient (Wildman–Crippen LogP) is 2.85. The molecule has 0 bridgehead atoms. The number of nitriles is 1. The van der Waals surface area contributed by atoms with E-state index in [1.807, 2.05) is 19.1 Å². The number of nitrogens with zero attached hydrogens (tertiary/aromatic N) is 3. The maximum absolute atomic E-state index is 13.2. The smallest absolute Gasteiger partial charge is 0.269 e. The molecule has 0 aliphatic rings. The summed E-state index contributed by atoms with van der Waals surface area (Å²) in [6.07, 6.45) is 2.78. The number of carbonyl (C=O) groups excluding carboxylic acids is 1. The number of amides is 1. The third-order valence-electron chi connectivity index (χ3n) is 4.31. The summed E-state index contributed by atoms with van der Waals surface area (Å²) in [5.74, 6) is 0.486. The number of aromatic nitrogens is 2. The van der Waals surface area contributed by atoms with Crippen LogP contribution < -0.4 is 20.3 Å². The molecule has 1 N–H and O–H groups in total. The van der Waals surface area contributed by atoms with E-state index in [1.165, 1.54) is 10.5 Å². The molecule has 3 rings (SSSR count). The van der Waals surface area contributed by atoms with Gasteiger partial charge in [0.25, 0.3) is 11.5 Å². The van der Waals surface area contributed by atoms with Crippen LogP contribution >= 0.6 is 0 Å². The van der Waals surface area contributed by atoms with Crippen LogP contribution in [-0.2, 0) is 4.79 Å². The summed E-state index contributed by atoms with van der Waals surface area (Å²) in [6, 6.07) is 12.1. The van der Waals surface area contributed by atoms with E-state index in [2.05, 4.69) is 10.3 Å². The first kappa shape index (κ1) is 20.6. The van der Waals surface area contributed by atoms with Crippen molar-refractivity contribution < 1.29 is 14.3 Å². The van der Waals surface area contributed by atoms with Gasteiger partial charge < -0.3 is 14.8 Å². The highest BCUT2D eigenvalue weighted by Gasteiger charge is 2.17. The highest BCUT2D eigenvalue weighted by Crippen LogP contribution is 2.26. The van der Waals surface area contributed by atoms with Crippen LogP contribution in [0, 0.1) is 18.3 Å². The van der Waals surface area contributed by atoms with E-state index < -0.39 is 11.5 Å². The molecule has 30 heavy (non-hydrogen) atoms. The average molecular weight is 404 g/mol. The number of likely N-dealkylation sites (N-methyl/N-ethyl adjacent to an activating group) is 1. The molecule has 0 saturated heterocycles. The van der Waals surface area contributed by atoms with Gasteiger partial charge in [-0.3, -0.25) is 14.0 Å². The summed E-state index contributed by atoms with van der Waals surface area (Å²) in [5, 5.41) is 12.0. The second kappa shape index (κ2) is 8.92. The Morgan fingerprint density at radius 2 is 1.97 bits per heavy atom. The minimum Gasteiger partial charge on any atom is -0.497 e. The number of nitrogens with one attached hydrogen (secondary N) is 1. The van der Waals surface area contributed by atoms with Gasteiger partial charge in [-0.05, 0) is 55.8 Å². The van der Waals surface area contributed by atoms with Gasteiger partial charge in [-0.25, -0.2) is 0 Å². The second-order valence-corrected chi connectivity index (χ2v) is 6.33. The van der Waals surface area contributed by atoms with Gasteiger partial charge in [0.15, 0.2) is 0 Å². The van der Waals surface area contributed by atoms with Crippen LogP contribution in [0.25, 0.3) is 11.7 Å². The van der Waals surface area contributed by atoms with Crippen molar-refractivity contribution in [3.05, 3.63) is 69.6 Å². The summed E-state index contributed by atoms with van der Waals surface area (Å²) in [4.78, 5) is 29.8. The zero-order valence-electron chi connectivity index (χ0n) is 16.8. The van der Waals surface area contributed by atoms with E-state index in [9.17, 15) is 14.9 Å². The van der Waals surface area contributed by atoms with Crippen molar-refractivity contribution in [2.45, 2.75) is 13.8 Å². The molecular formula is C22H20N4O4. The molecule has 1 aromatic carbocycles. The molecule has 3 aromatic rings. The molecule has 0 spiro atoms. The van der Waals surface area contributed by atoms with Crippen LogP contribution in [0.5, 0.6) is 17.4 Å². The van der Waals surface area contributed by atoms with Crippen LogP contribution in [-0.4, -0.2) is 28.9 Å². The first-order valence-corrected chi connectivity index (χ1v) is 9.22. The molecule has 152 valence electrons. The van der Waals surface area contributed by atoms with Gasteiger partial charge in [0.2, 0.25) is 5.88 Å². The fourth-order valence-corrected chi connectivity index (χ4v) is 2.80. The zero-order chi connectivity index (χ0) is 21.7. The summed E-state index contributed by atoms with van der Waals surface area (Å²) in [7, 11) is 1.55. The molecule has 0 fully saturated rings. The number of hydrogen-bond acceptors (Lipinski definition) is 6. The van der Waals surface area contributed by atoms with Crippen LogP contribution in [0.15, 0.2) is 53.0 Å². The number of carbonyl (C=O) groups is 1. The standard InChI is InChI=1S/C22H20N4O4/c1-4-24-20(27)15(13-23)12-18-21(30-17-9-7-16(29-3)8-10-17)25-19-14(2)6-5-11-26(19)22(18)28/h5-12H,4H2,1-3H3,(H,24,27). The summed E-state index contributed by atoms with van der Waals surface area (Å²) >= 11 is 0. The van der Waals surface area contributed by atoms with Crippen LogP contribution in [0.4, 0.5) is 0 Å². The summed E-state index contributed by atoms with van der Waals surface area (Å²) in [6.45, 7) is 3.91. The van der Waals surface area contributed by atoms with Gasteiger partial charge >= 0.3 is 0 Å². The minimum atomic E-state index is -0.580. The topological polar surface area (TPSA) is 106 Å². The number of hydrogen-bond donors (Lipinski definition) is 1. The van der Waals surface area contributed by atoms with Crippen molar-refractivity contribution in [2.24, 2.45) is 0 Å². The van der Waals surface area contributed by atoms with E-state index in [0.29, 0.717) is 23.7 Å². The Labute approximate surface area is 173 Å². The molecule has 2 aromatic heterocycles. The van der Waals surface area contributed by atoms with Crippen LogP contribution in [0.1, 0.15) is 18.1 Å². The lowest BCUT2D eigenvalue weighted by Crippen LogP contribution is -2.25. The van der Waals surface area contributed by atoms with Crippen molar-refractivity contribution >= 4 is 17.6 Å². The van der Waals surface area contributed by atoms with Gasteiger partial charge in [0.1, 0.15) is 34.4 Å². The molecule has 0 saturated carbocycles. The Morgan fingerprint density at radius 1 is 1.27 bits per heavy atom. The Morgan fingerprint density at radius 3 is 2.60 bits per heavy atom. The Kier molecular flexibility index (Phi) is 6.13. The number of rotatable bonds is 6. The van der Waals surface area contributed by atoms with Gasteiger partial charge in [-0.1, -0.05) is 6.07 Å². The number of methoxy groups -OCH3 is 1. The molecule has 0 radical (unpaired) electrons. The fraction of sp³-hybridized carbons (Fsp3) is 0.182. The minimum absolute atomic E-state index is 0.00304. The van der Waals surface area contributed by atoms with E-state index in [-0.39, 0.29) is 17.0 Å². The highest BCUT2D eigenvalue weighted by molar-refractivity contribution is 6.01. The van der Waals surface area contributed by atoms with Crippen molar-refractivity contribution in [1.82, 2.24) is 14.7 Å². The number of fused-ring (bicyclic) bond motifs is 1. The number of benzene rings is 1. The molecular weight excluding hydrogens is 384 g/mol. The maximum Gasteiger partial charge on any atom is 0.269 e. The molecule has 1 amide bonds. The van der Waals surface area contributed by atoms with E-state index in [4.69, 9.17) is 9.47 Å². The first-order valence-electron chi connectivity index (χ1n) is 9.22. The van der Waals surface area contributed by atoms with Crippen LogP contribution in [0.3, 0.4) is 0 Å². The normalized spacial score (nSPS) is 11.1. The third-order valence-corrected chi connectivity index (χ3v) is 4.31. The third kappa shape index (κ3) is 4.15. The predicted molar refractivity (Wildman–Crippen MR) is 112 cm³/mol. The van der Waals surface area contributed by atoms with Crippen molar-refractivity contribution in [3.8, 4) is 23.4 Å². The molecule has 2 heterocycles. The first-order chi connectivity index (χ1) is 14.5. The lowest BCUT2D eigenvalue weighted by Gasteiger charge is -2.12. The molecule has 8 nitrogen and oxygen atoms in total. The highest BCUT2D eigenvalue weighted by atomic mass is 16.5. The molecule has 0 atom stereocenters. The SMILES string of the molecule is CCNC(=O)C(C#N)=Cc1c(Oc2ccc(OC)cc2)nc2c(C)cccn2c1=O. The second-order valence-electron chi connectivity index (χ2n) is 6.33. The fourth-order valence-electron chi connectivity index (χ4n) is 2.80. The van der Waals surface area contributed by atoms with Gasteiger partial charge in [0.05, 0.1) is 7.11 Å². The van der Waals surface area contributed by atoms with Crippen LogP contribution in [0.2, 0.25) is 0 Å². The molecule has 0 aliphatic carbocycles. The molecule has 0 unspecified atom stereocenters. The largest absolute Gasteiger partial charge is 0.497 e. The quantitative estimate of drug-likeness (QED) is 0.500. The zero-order valence-corrected chi connectivity index (χ0v) is 16.8. The van der Waals surface area contributed by atoms with E-state index >= 15 is 0 Å². The molecule has 8 heteroatoms. The number of pyridine rings is 1. The van der Waals surface area contributed by atoms with Gasteiger partial charge in [-0.2, -0.15) is 10.2 Å². The summed E-state index contributed by atoms with van der Waals surface area (Å²) < 4.78 is 12.4. The monoisotopic (exact) mass is 404 g/mol. The number of ether oxygens (including phenoxy) is 2. The Hall–Kier alpha value is -4.12. The summed E-state index contributed by atoms with van der Waals surface area (Å²) in [5.41, 5.74) is 0.512. The Balaban J connectivity index is 2.21. The number of aryl methyl sites for hydroxylation is 1. The Bertz CT molecular complexity index is 1220. The van der Waals surface area contributed by atoms with E-state index in [0.717, 1.165) is 5.56 Å². The van der Waals surface area contributed by atoms with Crippen molar-refractivity contribution in [2.75, 3.05) is 13.7 Å². The maximum atomic E-state index is 13.2. The van der Waals surface area contributed by atoms with Crippen molar-refractivity contribution in [1.29, 1.82) is 5.26 Å². The molecule has 0 aliphatic heterocycles. The van der Waals surface area contributed by atoms with Gasteiger partial charge in [0, 0.05) is 12.7 Å². The average Bonchev–Trinajstić information content (AvgIpc) is 2.75. The van der Waals surface area contributed by atoms with Gasteiger partial charge in [-0.15, -0.1) is 0 Å². The lowest BCUT2D eigenvalue weighted by molar-refractivity contribution is -0.116. The lowest BCUT2D eigenvalue weighted by atomic mass is 10.1. The van der Waals surface area contributed by atoms with Crippen molar-refractivity contribution in [3.63, 3.8) is 0 Å². The van der Waals surface area contributed by atoms with E-state index in [1.54, 1.807) is 50.6 Å².